The molecule has 6 nitrogen and oxygen atoms in total. The minimum Gasteiger partial charge on any atom is -0.437 e. The minimum atomic E-state index is -0.507. The molecule has 2 N–H and O–H groups in total. The van der Waals surface area contributed by atoms with E-state index in [0.717, 1.165) is 9.75 Å². The summed E-state index contributed by atoms with van der Waals surface area (Å²) in [5, 5.41) is 12.4. The van der Waals surface area contributed by atoms with Crippen LogP contribution in [-0.4, -0.2) is 21.0 Å². The Balaban J connectivity index is 1.69. The molecule has 1 atom stereocenters. The lowest BCUT2D eigenvalue weighted by molar-refractivity contribution is 0.0948. The number of amides is 1. The van der Waals surface area contributed by atoms with Gasteiger partial charge in [0.1, 0.15) is 11.3 Å². The molecule has 0 fully saturated rings. The number of rotatable bonds is 6. The third-order valence-electron chi connectivity index (χ3n) is 3.38. The number of carbonyl (C=O) groups is 1. The number of aliphatic hydroxyl groups excluding tert-OH is 1. The normalized spacial score (nSPS) is 11.8. The summed E-state index contributed by atoms with van der Waals surface area (Å²) in [5.41, 5.74) is 0.346. The van der Waals surface area contributed by atoms with Gasteiger partial charge in [-0.3, -0.25) is 9.78 Å². The van der Waals surface area contributed by atoms with E-state index in [1.54, 1.807) is 49.8 Å². The van der Waals surface area contributed by atoms with E-state index < -0.39 is 6.10 Å². The van der Waals surface area contributed by atoms with Crippen LogP contribution < -0.4 is 10.1 Å². The summed E-state index contributed by atoms with van der Waals surface area (Å²) in [6, 6.07) is 10.6. The van der Waals surface area contributed by atoms with Gasteiger partial charge in [0.2, 0.25) is 5.88 Å². The zero-order valence-corrected chi connectivity index (χ0v) is 14.4. The van der Waals surface area contributed by atoms with Crippen molar-refractivity contribution in [2.45, 2.75) is 19.6 Å². The highest BCUT2D eigenvalue weighted by Gasteiger charge is 2.15. The molecule has 0 aliphatic heterocycles. The number of nitrogens with one attached hydrogen (secondary N) is 1. The smallest absolute Gasteiger partial charge is 0.257 e. The molecule has 3 aromatic heterocycles. The SMILES string of the molecule is CC(O)c1ccc(CNC(=O)c2cccnc2Oc2cccnc2)s1. The number of pyridine rings is 2. The predicted octanol–water partition coefficient (Wildman–Crippen LogP) is 3.31. The van der Waals surface area contributed by atoms with Gasteiger partial charge < -0.3 is 15.2 Å². The van der Waals surface area contributed by atoms with Crippen LogP contribution in [0, 0.1) is 0 Å². The number of hydrogen-bond acceptors (Lipinski definition) is 6. The summed E-state index contributed by atoms with van der Waals surface area (Å²) in [6.07, 6.45) is 4.25. The van der Waals surface area contributed by atoms with Gasteiger partial charge in [-0.05, 0) is 43.3 Å². The number of ether oxygens (including phenoxy) is 1. The highest BCUT2D eigenvalue weighted by Crippen LogP contribution is 2.24. The number of carbonyl (C=O) groups excluding carboxylic acids is 1. The number of thiophene rings is 1. The molecule has 3 heterocycles. The van der Waals surface area contributed by atoms with Gasteiger partial charge in [0.25, 0.3) is 5.91 Å². The van der Waals surface area contributed by atoms with Crippen molar-refractivity contribution >= 4 is 17.2 Å². The molecule has 128 valence electrons. The van der Waals surface area contributed by atoms with Gasteiger partial charge in [0.15, 0.2) is 0 Å². The summed E-state index contributed by atoms with van der Waals surface area (Å²) in [6.45, 7) is 2.09. The van der Waals surface area contributed by atoms with Crippen molar-refractivity contribution in [1.82, 2.24) is 15.3 Å². The molecule has 0 saturated carbocycles. The molecular formula is C18H17N3O3S. The summed E-state index contributed by atoms with van der Waals surface area (Å²) < 4.78 is 5.65. The van der Waals surface area contributed by atoms with Crippen LogP contribution in [-0.2, 0) is 6.54 Å². The fourth-order valence-corrected chi connectivity index (χ4v) is 3.03. The number of aliphatic hydroxyl groups is 1. The average molecular weight is 355 g/mol. The molecule has 0 aromatic carbocycles. The van der Waals surface area contributed by atoms with Crippen molar-refractivity contribution in [2.24, 2.45) is 0 Å². The van der Waals surface area contributed by atoms with Crippen molar-refractivity contribution in [3.05, 3.63) is 70.3 Å². The standard InChI is InChI=1S/C18H17N3O3S/c1-12(22)16-7-6-14(25-16)11-21-17(23)15-5-3-9-20-18(15)24-13-4-2-8-19-10-13/h2-10,12,22H,11H2,1H3,(H,21,23). The largest absolute Gasteiger partial charge is 0.437 e. The molecule has 7 heteroatoms. The Labute approximate surface area is 149 Å². The zero-order valence-electron chi connectivity index (χ0n) is 13.5. The predicted molar refractivity (Wildman–Crippen MR) is 94.7 cm³/mol. The molecule has 0 radical (unpaired) electrons. The van der Waals surface area contributed by atoms with Gasteiger partial charge >= 0.3 is 0 Å². The Morgan fingerprint density at radius 2 is 2.12 bits per heavy atom. The Morgan fingerprint density at radius 1 is 1.28 bits per heavy atom. The Morgan fingerprint density at radius 3 is 2.84 bits per heavy atom. The summed E-state index contributed by atoms with van der Waals surface area (Å²) in [5.74, 6) is 0.456. The first-order chi connectivity index (χ1) is 12.1. The first-order valence-corrected chi connectivity index (χ1v) is 8.53. The molecule has 3 aromatic rings. The fraction of sp³-hybridized carbons (Fsp3) is 0.167. The van der Waals surface area contributed by atoms with E-state index in [0.29, 0.717) is 17.9 Å². The van der Waals surface area contributed by atoms with Crippen LogP contribution in [0.25, 0.3) is 0 Å². The lowest BCUT2D eigenvalue weighted by atomic mass is 10.2. The number of nitrogens with zero attached hydrogens (tertiary/aromatic N) is 2. The van der Waals surface area contributed by atoms with Crippen molar-refractivity contribution in [2.75, 3.05) is 0 Å². The van der Waals surface area contributed by atoms with E-state index in [1.807, 2.05) is 12.1 Å². The van der Waals surface area contributed by atoms with E-state index in [2.05, 4.69) is 15.3 Å². The van der Waals surface area contributed by atoms with Gasteiger partial charge in [-0.1, -0.05) is 0 Å². The number of aromatic nitrogens is 2. The van der Waals surface area contributed by atoms with E-state index in [9.17, 15) is 9.90 Å². The second kappa shape index (κ2) is 7.87. The Kier molecular flexibility index (Phi) is 5.37. The topological polar surface area (TPSA) is 84.3 Å². The van der Waals surface area contributed by atoms with Crippen LogP contribution in [0.15, 0.2) is 55.0 Å². The molecule has 0 aliphatic rings. The van der Waals surface area contributed by atoms with Crippen molar-refractivity contribution < 1.29 is 14.6 Å². The summed E-state index contributed by atoms with van der Waals surface area (Å²) in [4.78, 5) is 22.4. The first kappa shape index (κ1) is 17.1. The molecule has 0 saturated heterocycles. The maximum atomic E-state index is 12.5. The minimum absolute atomic E-state index is 0.226. The monoisotopic (exact) mass is 355 g/mol. The maximum absolute atomic E-state index is 12.5. The fourth-order valence-electron chi connectivity index (χ4n) is 2.14. The molecular weight excluding hydrogens is 338 g/mol. The van der Waals surface area contributed by atoms with Crippen LogP contribution in [0.4, 0.5) is 0 Å². The summed E-state index contributed by atoms with van der Waals surface area (Å²) >= 11 is 1.47. The van der Waals surface area contributed by atoms with E-state index in [4.69, 9.17) is 4.74 Å². The highest BCUT2D eigenvalue weighted by molar-refractivity contribution is 7.12. The van der Waals surface area contributed by atoms with Crippen LogP contribution in [0.2, 0.25) is 0 Å². The molecule has 25 heavy (non-hydrogen) atoms. The quantitative estimate of drug-likeness (QED) is 0.709. The Hall–Kier alpha value is -2.77. The van der Waals surface area contributed by atoms with Gasteiger partial charge in [-0.25, -0.2) is 4.98 Å². The van der Waals surface area contributed by atoms with E-state index >= 15 is 0 Å². The third-order valence-corrected chi connectivity index (χ3v) is 4.64. The second-order valence-corrected chi connectivity index (χ2v) is 6.51. The van der Waals surface area contributed by atoms with Gasteiger partial charge in [-0.2, -0.15) is 0 Å². The summed E-state index contributed by atoms with van der Waals surface area (Å²) in [7, 11) is 0. The molecule has 1 amide bonds. The van der Waals surface area contributed by atoms with Gasteiger partial charge in [0, 0.05) is 22.1 Å². The first-order valence-electron chi connectivity index (χ1n) is 7.71. The van der Waals surface area contributed by atoms with Crippen molar-refractivity contribution in [1.29, 1.82) is 0 Å². The van der Waals surface area contributed by atoms with Gasteiger partial charge in [0.05, 0.1) is 18.8 Å². The van der Waals surface area contributed by atoms with Crippen LogP contribution >= 0.6 is 11.3 Å². The number of hydrogen-bond donors (Lipinski definition) is 2. The molecule has 0 spiro atoms. The lowest BCUT2D eigenvalue weighted by Crippen LogP contribution is -2.23. The van der Waals surface area contributed by atoms with Crippen LogP contribution in [0.5, 0.6) is 11.6 Å². The van der Waals surface area contributed by atoms with Crippen molar-refractivity contribution in [3.8, 4) is 11.6 Å². The van der Waals surface area contributed by atoms with Crippen LogP contribution in [0.1, 0.15) is 33.1 Å². The highest BCUT2D eigenvalue weighted by atomic mass is 32.1. The maximum Gasteiger partial charge on any atom is 0.257 e. The van der Waals surface area contributed by atoms with Gasteiger partial charge in [-0.15, -0.1) is 11.3 Å². The molecule has 0 aliphatic carbocycles. The second-order valence-electron chi connectivity index (χ2n) is 5.31. The van der Waals surface area contributed by atoms with Crippen LogP contribution in [0.3, 0.4) is 0 Å². The van der Waals surface area contributed by atoms with E-state index in [-0.39, 0.29) is 11.8 Å². The van der Waals surface area contributed by atoms with E-state index in [1.165, 1.54) is 11.3 Å². The zero-order chi connectivity index (χ0) is 17.6. The Bertz CT molecular complexity index is 850. The molecule has 1 unspecified atom stereocenters. The molecule has 3 rings (SSSR count). The van der Waals surface area contributed by atoms with Crippen molar-refractivity contribution in [3.63, 3.8) is 0 Å². The molecule has 0 bridgehead atoms. The average Bonchev–Trinajstić information content (AvgIpc) is 3.10. The third kappa shape index (κ3) is 4.40. The lowest BCUT2D eigenvalue weighted by Gasteiger charge is -2.09.